The van der Waals surface area contributed by atoms with E-state index in [0.717, 1.165) is 38.5 Å². The first kappa shape index (κ1) is 14.8. The number of nitrogens with two attached hydrogens (primary N) is 1. The molecule has 0 bridgehead atoms. The van der Waals surface area contributed by atoms with E-state index in [4.69, 9.17) is 5.73 Å². The highest BCUT2D eigenvalue weighted by Gasteiger charge is 2.30. The van der Waals surface area contributed by atoms with Crippen molar-refractivity contribution in [2.45, 2.75) is 57.4 Å². The number of carbonyl (C=O) groups excluding carboxylic acids is 1. The van der Waals surface area contributed by atoms with Crippen molar-refractivity contribution in [3.8, 4) is 0 Å². The molecule has 4 unspecified atom stereocenters. The normalized spacial score (nSPS) is 35.9. The predicted molar refractivity (Wildman–Crippen MR) is 75.5 cm³/mol. The summed E-state index contributed by atoms with van der Waals surface area (Å²) in [5.41, 5.74) is 6.12. The van der Waals surface area contributed by atoms with Gasteiger partial charge >= 0.3 is 0 Å². The Morgan fingerprint density at radius 1 is 1.05 bits per heavy atom. The number of rotatable bonds is 4. The highest BCUT2D eigenvalue weighted by molar-refractivity contribution is 5.79. The van der Waals surface area contributed by atoms with Crippen molar-refractivity contribution in [1.29, 1.82) is 0 Å². The summed E-state index contributed by atoms with van der Waals surface area (Å²) in [4.78, 5) is 12.3. The number of aliphatic hydroxyl groups excluding tert-OH is 1. The highest BCUT2D eigenvalue weighted by atomic mass is 16.3. The Labute approximate surface area is 116 Å². The second kappa shape index (κ2) is 7.25. The third-order valence-electron chi connectivity index (χ3n) is 5.00. The van der Waals surface area contributed by atoms with Gasteiger partial charge in [0.15, 0.2) is 0 Å². The topological polar surface area (TPSA) is 75.4 Å². The summed E-state index contributed by atoms with van der Waals surface area (Å²) in [6, 6.07) is 0.0275. The van der Waals surface area contributed by atoms with Gasteiger partial charge in [-0.1, -0.05) is 25.7 Å². The summed E-state index contributed by atoms with van der Waals surface area (Å²) in [6.45, 7) is 0.969. The lowest BCUT2D eigenvalue weighted by Crippen LogP contribution is -2.43. The number of carbonyl (C=O) groups is 1. The molecule has 0 aromatic rings. The number of hydrogen-bond donors (Lipinski definition) is 3. The Hall–Kier alpha value is -0.610. The van der Waals surface area contributed by atoms with Gasteiger partial charge in [0.1, 0.15) is 0 Å². The van der Waals surface area contributed by atoms with Crippen molar-refractivity contribution in [2.24, 2.45) is 23.5 Å². The molecule has 2 aliphatic carbocycles. The van der Waals surface area contributed by atoms with Gasteiger partial charge in [0.25, 0.3) is 0 Å². The van der Waals surface area contributed by atoms with Gasteiger partial charge in [0.2, 0.25) is 5.91 Å². The van der Waals surface area contributed by atoms with Gasteiger partial charge in [-0.05, 0) is 37.5 Å². The minimum absolute atomic E-state index is 0.00326. The molecular weight excluding hydrogens is 240 g/mol. The molecule has 0 saturated heterocycles. The van der Waals surface area contributed by atoms with Crippen molar-refractivity contribution in [2.75, 3.05) is 13.2 Å². The van der Waals surface area contributed by atoms with Crippen molar-refractivity contribution in [1.82, 2.24) is 5.32 Å². The molecule has 4 atom stereocenters. The van der Waals surface area contributed by atoms with E-state index < -0.39 is 0 Å². The number of amides is 1. The predicted octanol–water partition coefficient (Wildman–Crippen LogP) is 1.42. The molecule has 2 aliphatic rings. The highest BCUT2D eigenvalue weighted by Crippen LogP contribution is 2.31. The van der Waals surface area contributed by atoms with Crippen LogP contribution in [0.2, 0.25) is 0 Å². The van der Waals surface area contributed by atoms with Gasteiger partial charge in [-0.3, -0.25) is 4.79 Å². The van der Waals surface area contributed by atoms with Crippen molar-refractivity contribution in [3.63, 3.8) is 0 Å². The van der Waals surface area contributed by atoms with Gasteiger partial charge in [-0.2, -0.15) is 0 Å². The molecular formula is C15H28N2O2. The summed E-state index contributed by atoms with van der Waals surface area (Å²) in [6.07, 6.45) is 8.78. The zero-order chi connectivity index (χ0) is 13.7. The molecule has 2 saturated carbocycles. The van der Waals surface area contributed by atoms with Crippen LogP contribution in [0.1, 0.15) is 51.4 Å². The average molecular weight is 268 g/mol. The number of nitrogens with one attached hydrogen (secondary N) is 1. The molecule has 4 nitrogen and oxygen atoms in total. The van der Waals surface area contributed by atoms with Crippen molar-refractivity contribution < 1.29 is 9.90 Å². The zero-order valence-electron chi connectivity index (χ0n) is 11.8. The third kappa shape index (κ3) is 3.93. The minimum Gasteiger partial charge on any atom is -0.396 e. The van der Waals surface area contributed by atoms with E-state index in [-0.39, 0.29) is 24.5 Å². The fraction of sp³-hybridized carbons (Fsp3) is 0.933. The zero-order valence-corrected chi connectivity index (χ0v) is 11.8. The lowest BCUT2D eigenvalue weighted by molar-refractivity contribution is -0.126. The van der Waals surface area contributed by atoms with E-state index in [2.05, 4.69) is 5.32 Å². The van der Waals surface area contributed by atoms with Gasteiger partial charge in [0, 0.05) is 19.2 Å². The summed E-state index contributed by atoms with van der Waals surface area (Å²) >= 11 is 0. The standard InChI is InChI=1S/C15H28N2O2/c16-14-8-3-1-2-7-13(14)15(19)17-9-11-5-4-6-12(11)10-18/h11-14,18H,1-10,16H2,(H,17,19). The Kier molecular flexibility index (Phi) is 5.64. The van der Waals surface area contributed by atoms with E-state index in [1.165, 1.54) is 12.8 Å². The summed E-state index contributed by atoms with van der Waals surface area (Å²) < 4.78 is 0. The molecule has 110 valence electrons. The second-order valence-electron chi connectivity index (χ2n) is 6.29. The lowest BCUT2D eigenvalue weighted by atomic mass is 9.93. The Balaban J connectivity index is 1.79. The van der Waals surface area contributed by atoms with Crippen LogP contribution >= 0.6 is 0 Å². The molecule has 2 rings (SSSR count). The van der Waals surface area contributed by atoms with Crippen LogP contribution in [0.3, 0.4) is 0 Å². The van der Waals surface area contributed by atoms with Crippen LogP contribution in [0.15, 0.2) is 0 Å². The maximum absolute atomic E-state index is 12.3. The Bertz CT molecular complexity index is 296. The quantitative estimate of drug-likeness (QED) is 0.675. The van der Waals surface area contributed by atoms with Crippen LogP contribution in [0.25, 0.3) is 0 Å². The van der Waals surface area contributed by atoms with Gasteiger partial charge in [0.05, 0.1) is 5.92 Å². The molecule has 0 aromatic heterocycles. The van der Waals surface area contributed by atoms with E-state index >= 15 is 0 Å². The number of aliphatic hydroxyl groups is 1. The molecule has 1 amide bonds. The maximum Gasteiger partial charge on any atom is 0.224 e. The van der Waals surface area contributed by atoms with E-state index in [0.29, 0.717) is 18.4 Å². The first-order valence-corrected chi connectivity index (χ1v) is 7.86. The molecule has 0 radical (unpaired) electrons. The fourth-order valence-electron chi connectivity index (χ4n) is 3.65. The Morgan fingerprint density at radius 2 is 1.79 bits per heavy atom. The SMILES string of the molecule is NC1CCCCCC1C(=O)NCC1CCCC1CO. The minimum atomic E-state index is -0.00326. The first-order chi connectivity index (χ1) is 9.22. The molecule has 2 fully saturated rings. The first-order valence-electron chi connectivity index (χ1n) is 7.86. The van der Waals surface area contributed by atoms with Crippen molar-refractivity contribution in [3.05, 3.63) is 0 Å². The second-order valence-corrected chi connectivity index (χ2v) is 6.29. The number of hydrogen-bond acceptors (Lipinski definition) is 3. The molecule has 0 heterocycles. The van der Waals surface area contributed by atoms with Gasteiger partial charge in [-0.25, -0.2) is 0 Å². The third-order valence-corrected chi connectivity index (χ3v) is 5.00. The fourth-order valence-corrected chi connectivity index (χ4v) is 3.65. The van der Waals surface area contributed by atoms with Gasteiger partial charge < -0.3 is 16.2 Å². The lowest BCUT2D eigenvalue weighted by Gasteiger charge is -2.23. The van der Waals surface area contributed by atoms with Crippen LogP contribution < -0.4 is 11.1 Å². The molecule has 0 spiro atoms. The molecule has 0 aromatic carbocycles. The maximum atomic E-state index is 12.3. The summed E-state index contributed by atoms with van der Waals surface area (Å²) in [5, 5.41) is 12.4. The Morgan fingerprint density at radius 3 is 2.58 bits per heavy atom. The van der Waals surface area contributed by atoms with Crippen molar-refractivity contribution >= 4 is 5.91 Å². The monoisotopic (exact) mass is 268 g/mol. The van der Waals surface area contributed by atoms with Gasteiger partial charge in [-0.15, -0.1) is 0 Å². The molecule has 4 heteroatoms. The van der Waals surface area contributed by atoms with Crippen LogP contribution in [0, 0.1) is 17.8 Å². The van der Waals surface area contributed by atoms with Crippen LogP contribution in [-0.2, 0) is 4.79 Å². The largest absolute Gasteiger partial charge is 0.396 e. The van der Waals surface area contributed by atoms with E-state index in [1.807, 2.05) is 0 Å². The summed E-state index contributed by atoms with van der Waals surface area (Å²) in [7, 11) is 0. The smallest absolute Gasteiger partial charge is 0.224 e. The van der Waals surface area contributed by atoms with E-state index in [1.54, 1.807) is 0 Å². The molecule has 19 heavy (non-hydrogen) atoms. The van der Waals surface area contributed by atoms with Crippen LogP contribution in [0.5, 0.6) is 0 Å². The molecule has 0 aliphatic heterocycles. The van der Waals surface area contributed by atoms with Crippen LogP contribution in [-0.4, -0.2) is 30.2 Å². The molecule has 4 N–H and O–H groups in total. The average Bonchev–Trinajstić information content (AvgIpc) is 2.76. The van der Waals surface area contributed by atoms with E-state index in [9.17, 15) is 9.90 Å². The van der Waals surface area contributed by atoms with Crippen LogP contribution in [0.4, 0.5) is 0 Å². The summed E-state index contributed by atoms with van der Waals surface area (Å²) in [5.74, 6) is 0.966.